The lowest BCUT2D eigenvalue weighted by molar-refractivity contribution is 0.177. The molecule has 0 spiro atoms. The van der Waals surface area contributed by atoms with E-state index in [1.165, 1.54) is 0 Å². The summed E-state index contributed by atoms with van der Waals surface area (Å²) in [5, 5.41) is 9.42. The Kier molecular flexibility index (Phi) is 3.75. The van der Waals surface area contributed by atoms with Crippen LogP contribution in [0.5, 0.6) is 0 Å². The molecule has 0 amide bonds. The molecule has 1 N–H and O–H groups in total. The second kappa shape index (κ2) is 4.85. The minimum Gasteiger partial charge on any atom is -0.387 e. The lowest BCUT2D eigenvalue weighted by Gasteiger charge is -2.09. The monoisotopic (exact) mass is 214 g/mol. The average molecular weight is 214 g/mol. The van der Waals surface area contributed by atoms with Crippen LogP contribution in [-0.2, 0) is 0 Å². The van der Waals surface area contributed by atoms with Gasteiger partial charge in [-0.1, -0.05) is 6.07 Å². The maximum absolute atomic E-state index is 13.1. The van der Waals surface area contributed by atoms with Crippen molar-refractivity contribution < 1.29 is 18.3 Å². The van der Waals surface area contributed by atoms with E-state index in [4.69, 9.17) is 0 Å². The molecule has 1 aromatic carbocycles. The van der Waals surface area contributed by atoms with Crippen molar-refractivity contribution in [1.29, 1.82) is 0 Å². The van der Waals surface area contributed by atoms with Gasteiger partial charge in [0.1, 0.15) is 0 Å². The van der Waals surface area contributed by atoms with E-state index in [1.54, 1.807) is 6.92 Å². The first-order valence-electron chi connectivity index (χ1n) is 4.29. The standard InChI is InChI=1S/C11H9F3O/c1-2-3-4-9(15)7-5-6-8(12)11(14)10(7)13/h5-6,9,15H,4H2,1H3. The maximum atomic E-state index is 13.1. The minimum atomic E-state index is -1.57. The Labute approximate surface area is 85.5 Å². The molecule has 15 heavy (non-hydrogen) atoms. The van der Waals surface area contributed by atoms with E-state index in [9.17, 15) is 18.3 Å². The summed E-state index contributed by atoms with van der Waals surface area (Å²) in [6.45, 7) is 1.56. The summed E-state index contributed by atoms with van der Waals surface area (Å²) in [5.41, 5.74) is -0.281. The van der Waals surface area contributed by atoms with Gasteiger partial charge in [0.25, 0.3) is 0 Å². The molecular formula is C11H9F3O. The topological polar surface area (TPSA) is 20.2 Å². The highest BCUT2D eigenvalue weighted by Gasteiger charge is 2.18. The third-order valence-corrected chi connectivity index (χ3v) is 1.90. The van der Waals surface area contributed by atoms with Crippen LogP contribution in [-0.4, -0.2) is 5.11 Å². The Morgan fingerprint density at radius 3 is 2.53 bits per heavy atom. The third kappa shape index (κ3) is 2.51. The highest BCUT2D eigenvalue weighted by molar-refractivity contribution is 5.23. The molecule has 0 saturated heterocycles. The van der Waals surface area contributed by atoms with E-state index in [2.05, 4.69) is 11.8 Å². The summed E-state index contributed by atoms with van der Waals surface area (Å²) >= 11 is 0. The summed E-state index contributed by atoms with van der Waals surface area (Å²) < 4.78 is 38.4. The molecule has 0 radical (unpaired) electrons. The number of rotatable bonds is 2. The lowest BCUT2D eigenvalue weighted by Crippen LogP contribution is -2.03. The van der Waals surface area contributed by atoms with Gasteiger partial charge in [0.2, 0.25) is 0 Å². The van der Waals surface area contributed by atoms with Crippen LogP contribution in [0.1, 0.15) is 25.0 Å². The second-order valence-electron chi connectivity index (χ2n) is 2.91. The SMILES string of the molecule is CC#CCC(O)c1ccc(F)c(F)c1F. The number of benzene rings is 1. The fourth-order valence-corrected chi connectivity index (χ4v) is 1.11. The molecular weight excluding hydrogens is 205 g/mol. The molecule has 4 heteroatoms. The lowest BCUT2D eigenvalue weighted by atomic mass is 10.1. The Morgan fingerprint density at radius 1 is 1.27 bits per heavy atom. The Bertz CT molecular complexity index is 418. The van der Waals surface area contributed by atoms with Crippen LogP contribution in [0.15, 0.2) is 12.1 Å². The van der Waals surface area contributed by atoms with Gasteiger partial charge in [0, 0.05) is 12.0 Å². The largest absolute Gasteiger partial charge is 0.387 e. The summed E-state index contributed by atoms with van der Waals surface area (Å²) in [7, 11) is 0. The van der Waals surface area contributed by atoms with Crippen molar-refractivity contribution in [2.24, 2.45) is 0 Å². The number of aliphatic hydroxyl groups is 1. The number of halogens is 3. The summed E-state index contributed by atoms with van der Waals surface area (Å²) in [5.74, 6) is 0.831. The van der Waals surface area contributed by atoms with Gasteiger partial charge in [-0.3, -0.25) is 0 Å². The van der Waals surface area contributed by atoms with E-state index >= 15 is 0 Å². The van der Waals surface area contributed by atoms with Gasteiger partial charge in [0.15, 0.2) is 17.5 Å². The highest BCUT2D eigenvalue weighted by Crippen LogP contribution is 2.23. The van der Waals surface area contributed by atoms with Gasteiger partial charge in [-0.2, -0.15) is 0 Å². The van der Waals surface area contributed by atoms with E-state index < -0.39 is 23.6 Å². The molecule has 1 atom stereocenters. The fraction of sp³-hybridized carbons (Fsp3) is 0.273. The van der Waals surface area contributed by atoms with Gasteiger partial charge in [-0.05, 0) is 13.0 Å². The van der Waals surface area contributed by atoms with Crippen LogP contribution in [0.3, 0.4) is 0 Å². The predicted octanol–water partition coefficient (Wildman–Crippen LogP) is 2.55. The average Bonchev–Trinajstić information content (AvgIpc) is 2.23. The summed E-state index contributed by atoms with van der Waals surface area (Å²) in [6, 6.07) is 1.78. The number of hydrogen-bond acceptors (Lipinski definition) is 1. The van der Waals surface area contributed by atoms with Crippen molar-refractivity contribution in [3.8, 4) is 11.8 Å². The summed E-state index contributed by atoms with van der Waals surface area (Å²) in [6.07, 6.45) is -1.26. The normalized spacial score (nSPS) is 11.8. The van der Waals surface area contributed by atoms with Crippen LogP contribution in [0.2, 0.25) is 0 Å². The second-order valence-corrected chi connectivity index (χ2v) is 2.91. The van der Waals surface area contributed by atoms with E-state index in [-0.39, 0.29) is 12.0 Å². The molecule has 0 fully saturated rings. The zero-order valence-electron chi connectivity index (χ0n) is 8.02. The van der Waals surface area contributed by atoms with E-state index in [0.29, 0.717) is 0 Å². The van der Waals surface area contributed by atoms with E-state index in [0.717, 1.165) is 12.1 Å². The molecule has 0 aliphatic carbocycles. The molecule has 1 unspecified atom stereocenters. The van der Waals surface area contributed by atoms with Crippen molar-refractivity contribution in [2.45, 2.75) is 19.4 Å². The van der Waals surface area contributed by atoms with Crippen molar-refractivity contribution in [3.05, 3.63) is 35.1 Å². The van der Waals surface area contributed by atoms with Crippen LogP contribution >= 0.6 is 0 Å². The molecule has 0 aliphatic rings. The minimum absolute atomic E-state index is 0.0154. The van der Waals surface area contributed by atoms with Gasteiger partial charge < -0.3 is 5.11 Å². The van der Waals surface area contributed by atoms with Crippen LogP contribution in [0.4, 0.5) is 13.2 Å². The molecule has 1 nitrogen and oxygen atoms in total. The highest BCUT2D eigenvalue weighted by atomic mass is 19.2. The smallest absolute Gasteiger partial charge is 0.194 e. The molecule has 0 aromatic heterocycles. The quantitative estimate of drug-likeness (QED) is 0.592. The zero-order chi connectivity index (χ0) is 11.4. The Morgan fingerprint density at radius 2 is 1.93 bits per heavy atom. The molecule has 0 saturated carbocycles. The molecule has 0 heterocycles. The first-order valence-corrected chi connectivity index (χ1v) is 4.29. The van der Waals surface area contributed by atoms with Crippen molar-refractivity contribution in [3.63, 3.8) is 0 Å². The number of aliphatic hydroxyl groups excluding tert-OH is 1. The van der Waals surface area contributed by atoms with Gasteiger partial charge in [-0.15, -0.1) is 11.8 Å². The van der Waals surface area contributed by atoms with Gasteiger partial charge >= 0.3 is 0 Å². The van der Waals surface area contributed by atoms with E-state index in [1.807, 2.05) is 0 Å². The van der Waals surface area contributed by atoms with Crippen LogP contribution < -0.4 is 0 Å². The molecule has 1 rings (SSSR count). The molecule has 0 aliphatic heterocycles. The van der Waals surface area contributed by atoms with Crippen LogP contribution in [0.25, 0.3) is 0 Å². The Balaban J connectivity index is 3.03. The number of hydrogen-bond donors (Lipinski definition) is 1. The fourth-order valence-electron chi connectivity index (χ4n) is 1.11. The maximum Gasteiger partial charge on any atom is 0.194 e. The van der Waals surface area contributed by atoms with Crippen LogP contribution in [0, 0.1) is 29.3 Å². The van der Waals surface area contributed by atoms with Gasteiger partial charge in [0.05, 0.1) is 6.10 Å². The first kappa shape index (κ1) is 11.6. The van der Waals surface area contributed by atoms with Crippen molar-refractivity contribution in [1.82, 2.24) is 0 Å². The van der Waals surface area contributed by atoms with Crippen molar-refractivity contribution >= 4 is 0 Å². The third-order valence-electron chi connectivity index (χ3n) is 1.90. The first-order chi connectivity index (χ1) is 7.07. The van der Waals surface area contributed by atoms with Gasteiger partial charge in [-0.25, -0.2) is 13.2 Å². The Hall–Kier alpha value is -1.47. The summed E-state index contributed by atoms with van der Waals surface area (Å²) in [4.78, 5) is 0. The molecule has 0 bridgehead atoms. The zero-order valence-corrected chi connectivity index (χ0v) is 8.02. The van der Waals surface area contributed by atoms with Crippen molar-refractivity contribution in [2.75, 3.05) is 0 Å². The molecule has 1 aromatic rings. The molecule has 80 valence electrons. The predicted molar refractivity (Wildman–Crippen MR) is 49.3 cm³/mol.